The zero-order valence-electron chi connectivity index (χ0n) is 35.4. The molecule has 0 radical (unpaired) electrons. The molecule has 0 saturated heterocycles. The molecule has 57 heavy (non-hydrogen) atoms. The summed E-state index contributed by atoms with van der Waals surface area (Å²) in [7, 11) is -5.11. The van der Waals surface area contributed by atoms with Crippen molar-refractivity contribution in [2.75, 3.05) is 13.2 Å². The van der Waals surface area contributed by atoms with E-state index in [2.05, 4.69) is 26.0 Å². The summed E-state index contributed by atoms with van der Waals surface area (Å²) in [5.41, 5.74) is 0. The van der Waals surface area contributed by atoms with Gasteiger partial charge in [0.05, 0.1) is 6.61 Å². The van der Waals surface area contributed by atoms with E-state index in [1.165, 1.54) is 89.9 Å². The predicted octanol–water partition coefficient (Wildman–Crippen LogP) is 8.28. The van der Waals surface area contributed by atoms with Crippen LogP contribution in [-0.4, -0.2) is 98.3 Å². The highest BCUT2D eigenvalue weighted by Crippen LogP contribution is 2.47. The largest absolute Gasteiger partial charge is 0.472 e. The van der Waals surface area contributed by atoms with Crippen LogP contribution in [0.5, 0.6) is 0 Å². The van der Waals surface area contributed by atoms with Gasteiger partial charge in [-0.25, -0.2) is 4.57 Å². The highest BCUT2D eigenvalue weighted by molar-refractivity contribution is 7.47. The molecule has 0 amide bonds. The van der Waals surface area contributed by atoms with E-state index in [0.29, 0.717) is 12.8 Å². The molecule has 1 aliphatic rings. The SMILES string of the molecule is CCC/C=C\CCCCCCCC(=O)OC(COC(=O)CCCCCCCCCCCCCCCCCCCC)COP(=O)(O)OC1C(O)C(O)C(O)C(O)C1O. The van der Waals surface area contributed by atoms with E-state index in [-0.39, 0.29) is 12.8 Å². The number of hydrogen-bond donors (Lipinski definition) is 6. The topological polar surface area (TPSA) is 210 Å². The number of phosphoric ester groups is 1. The first-order valence-corrected chi connectivity index (χ1v) is 24.0. The molecule has 0 aromatic carbocycles. The van der Waals surface area contributed by atoms with Gasteiger partial charge in [0, 0.05) is 12.8 Å². The minimum Gasteiger partial charge on any atom is -0.462 e. The molecule has 1 saturated carbocycles. The molecule has 0 bridgehead atoms. The Morgan fingerprint density at radius 1 is 0.526 bits per heavy atom. The van der Waals surface area contributed by atoms with Crippen LogP contribution in [0.25, 0.3) is 0 Å². The van der Waals surface area contributed by atoms with Crippen molar-refractivity contribution < 1.29 is 63.1 Å². The lowest BCUT2D eigenvalue weighted by molar-refractivity contribution is -0.220. The van der Waals surface area contributed by atoms with Crippen LogP contribution in [0, 0.1) is 0 Å². The monoisotopic (exact) mass is 837 g/mol. The molecule has 0 spiro atoms. The maximum Gasteiger partial charge on any atom is 0.472 e. The third-order valence-electron chi connectivity index (χ3n) is 10.6. The Labute approximate surface area is 343 Å². The van der Waals surface area contributed by atoms with Crippen molar-refractivity contribution in [2.24, 2.45) is 0 Å². The fourth-order valence-corrected chi connectivity index (χ4v) is 7.91. The quantitative estimate of drug-likeness (QED) is 0.0151. The van der Waals surface area contributed by atoms with Crippen LogP contribution in [0.1, 0.15) is 194 Å². The van der Waals surface area contributed by atoms with Crippen molar-refractivity contribution in [1.29, 1.82) is 0 Å². The second-order valence-electron chi connectivity index (χ2n) is 15.9. The average molecular weight is 837 g/mol. The summed E-state index contributed by atoms with van der Waals surface area (Å²) in [4.78, 5) is 35.6. The molecule has 336 valence electrons. The van der Waals surface area contributed by atoms with Gasteiger partial charge in [0.15, 0.2) is 6.10 Å². The molecule has 6 N–H and O–H groups in total. The Kier molecular flexibility index (Phi) is 32.3. The molecule has 0 aliphatic heterocycles. The minimum atomic E-state index is -5.11. The molecule has 0 heterocycles. The lowest BCUT2D eigenvalue weighted by Gasteiger charge is -2.41. The number of phosphoric acid groups is 1. The van der Waals surface area contributed by atoms with E-state index in [4.69, 9.17) is 18.5 Å². The van der Waals surface area contributed by atoms with Crippen LogP contribution in [-0.2, 0) is 32.7 Å². The number of rotatable bonds is 37. The van der Waals surface area contributed by atoms with Gasteiger partial charge < -0.3 is 39.9 Å². The number of aliphatic hydroxyl groups is 5. The molecule has 6 atom stereocenters. The zero-order chi connectivity index (χ0) is 42.2. The maximum atomic E-state index is 12.8. The predicted molar refractivity (Wildman–Crippen MR) is 221 cm³/mol. The van der Waals surface area contributed by atoms with Gasteiger partial charge in [-0.3, -0.25) is 18.6 Å². The van der Waals surface area contributed by atoms with Crippen LogP contribution < -0.4 is 0 Å². The number of allylic oxidation sites excluding steroid dienone is 2. The van der Waals surface area contributed by atoms with E-state index in [1.54, 1.807) is 0 Å². The summed E-state index contributed by atoms with van der Waals surface area (Å²) in [6.07, 6.45) is 21.5. The van der Waals surface area contributed by atoms with E-state index in [0.717, 1.165) is 64.2 Å². The Balaban J connectivity index is 2.41. The third-order valence-corrected chi connectivity index (χ3v) is 11.6. The first kappa shape index (κ1) is 53.6. The van der Waals surface area contributed by atoms with E-state index >= 15 is 0 Å². The van der Waals surface area contributed by atoms with Gasteiger partial charge in [-0.2, -0.15) is 0 Å². The average Bonchev–Trinajstić information content (AvgIpc) is 3.19. The van der Waals surface area contributed by atoms with Crippen molar-refractivity contribution in [2.45, 2.75) is 236 Å². The summed E-state index contributed by atoms with van der Waals surface area (Å²) in [6.45, 7) is 3.23. The van der Waals surface area contributed by atoms with Crippen molar-refractivity contribution in [3.8, 4) is 0 Å². The molecule has 13 nitrogen and oxygen atoms in total. The molecule has 14 heteroatoms. The summed E-state index contributed by atoms with van der Waals surface area (Å²) in [5.74, 6) is -1.10. The highest BCUT2D eigenvalue weighted by atomic mass is 31.2. The number of esters is 2. The first-order valence-electron chi connectivity index (χ1n) is 22.5. The number of carbonyl (C=O) groups excluding carboxylic acids is 2. The second kappa shape index (κ2) is 34.3. The van der Waals surface area contributed by atoms with Gasteiger partial charge in [-0.15, -0.1) is 0 Å². The van der Waals surface area contributed by atoms with Gasteiger partial charge in [0.2, 0.25) is 0 Å². The Morgan fingerprint density at radius 3 is 1.40 bits per heavy atom. The van der Waals surface area contributed by atoms with Gasteiger partial charge in [-0.05, 0) is 32.1 Å². The van der Waals surface area contributed by atoms with Crippen LogP contribution in [0.3, 0.4) is 0 Å². The molecule has 1 rings (SSSR count). The van der Waals surface area contributed by atoms with Crippen molar-refractivity contribution in [3.63, 3.8) is 0 Å². The third kappa shape index (κ3) is 27.1. The van der Waals surface area contributed by atoms with E-state index < -0.39 is 75.7 Å². The number of aliphatic hydroxyl groups excluding tert-OH is 5. The molecule has 0 aromatic heterocycles. The molecule has 1 aliphatic carbocycles. The normalized spacial score (nSPS) is 22.7. The number of ether oxygens (including phenoxy) is 2. The lowest BCUT2D eigenvalue weighted by atomic mass is 9.85. The minimum absolute atomic E-state index is 0.0893. The Hall–Kier alpha value is -1.41. The number of unbranched alkanes of at least 4 members (excludes halogenated alkanes) is 23. The van der Waals surface area contributed by atoms with Crippen LogP contribution in [0.4, 0.5) is 0 Å². The van der Waals surface area contributed by atoms with E-state index in [1.807, 2.05) is 0 Å². The second-order valence-corrected chi connectivity index (χ2v) is 17.3. The van der Waals surface area contributed by atoms with Crippen molar-refractivity contribution in [3.05, 3.63) is 12.2 Å². The molecule has 0 aromatic rings. The van der Waals surface area contributed by atoms with Crippen LogP contribution in [0.2, 0.25) is 0 Å². The van der Waals surface area contributed by atoms with Gasteiger partial charge >= 0.3 is 19.8 Å². The first-order chi connectivity index (χ1) is 27.4. The number of hydrogen-bond acceptors (Lipinski definition) is 12. The standard InChI is InChI=1S/C43H81O13P/c1-3-5-7-9-11-13-15-16-17-18-19-20-21-22-24-25-27-29-31-36(44)53-33-35(55-37(45)32-30-28-26-23-14-12-10-8-6-4-2)34-54-57(51,52)56-43-41(49)39(47)38(46)40(48)42(43)50/h8,10,35,38-43,46-50H,3-7,9,11-34H2,1-2H3,(H,51,52)/b10-8-. The summed E-state index contributed by atoms with van der Waals surface area (Å²) in [6, 6.07) is 0. The Bertz CT molecular complexity index is 1060. The lowest BCUT2D eigenvalue weighted by Crippen LogP contribution is -2.64. The molecular weight excluding hydrogens is 755 g/mol. The van der Waals surface area contributed by atoms with Crippen molar-refractivity contribution in [1.82, 2.24) is 0 Å². The molecule has 1 fully saturated rings. The zero-order valence-corrected chi connectivity index (χ0v) is 36.3. The smallest absolute Gasteiger partial charge is 0.462 e. The summed E-state index contributed by atoms with van der Waals surface area (Å²) < 4.78 is 33.4. The molecule has 6 unspecified atom stereocenters. The fraction of sp³-hybridized carbons (Fsp3) is 0.907. The van der Waals surface area contributed by atoms with Gasteiger partial charge in [-0.1, -0.05) is 161 Å². The van der Waals surface area contributed by atoms with Crippen LogP contribution >= 0.6 is 7.82 Å². The summed E-state index contributed by atoms with van der Waals surface area (Å²) in [5, 5.41) is 50.0. The van der Waals surface area contributed by atoms with Gasteiger partial charge in [0.1, 0.15) is 43.2 Å². The number of carbonyl (C=O) groups is 2. The molecular formula is C43H81O13P. The van der Waals surface area contributed by atoms with E-state index in [9.17, 15) is 44.6 Å². The van der Waals surface area contributed by atoms with Crippen LogP contribution in [0.15, 0.2) is 12.2 Å². The highest BCUT2D eigenvalue weighted by Gasteiger charge is 2.51. The fourth-order valence-electron chi connectivity index (χ4n) is 6.94. The van der Waals surface area contributed by atoms with Crippen molar-refractivity contribution >= 4 is 19.8 Å². The maximum absolute atomic E-state index is 12.8. The Morgan fingerprint density at radius 2 is 0.930 bits per heavy atom. The van der Waals surface area contributed by atoms with Gasteiger partial charge in [0.25, 0.3) is 0 Å². The summed E-state index contributed by atoms with van der Waals surface area (Å²) >= 11 is 0.